The minimum absolute atomic E-state index is 0.652. The Balaban J connectivity index is 2.61. The average molecular weight is 228 g/mol. The van der Waals surface area contributed by atoms with E-state index in [0.717, 1.165) is 16.7 Å². The molecule has 0 amide bonds. The third-order valence-electron chi connectivity index (χ3n) is 2.55. The number of nitrogens with one attached hydrogen (secondary N) is 1. The Hall–Kier alpha value is -2.03. The molecule has 0 fully saturated rings. The number of hydrogen-bond donors (Lipinski definition) is 1. The van der Waals surface area contributed by atoms with Crippen LogP contribution in [0.4, 0.5) is 0 Å². The first kappa shape index (κ1) is 11.5. The van der Waals surface area contributed by atoms with E-state index in [0.29, 0.717) is 6.61 Å². The number of hydrogen-bond acceptors (Lipinski definition) is 3. The van der Waals surface area contributed by atoms with E-state index in [1.165, 1.54) is 5.39 Å². The van der Waals surface area contributed by atoms with E-state index in [-0.39, 0.29) is 0 Å². The molecule has 0 aromatic heterocycles. The van der Waals surface area contributed by atoms with Gasteiger partial charge in [-0.2, -0.15) is 5.10 Å². The molecular formula is C14H16N2O. The summed E-state index contributed by atoms with van der Waals surface area (Å²) in [6.07, 6.45) is 1.80. The highest BCUT2D eigenvalue weighted by atomic mass is 16.5. The van der Waals surface area contributed by atoms with Crippen LogP contribution in [0.1, 0.15) is 12.5 Å². The molecule has 0 aliphatic heterocycles. The molecule has 3 nitrogen and oxygen atoms in total. The number of nitrogens with zero attached hydrogens (tertiary/aromatic N) is 1. The highest BCUT2D eigenvalue weighted by molar-refractivity contribution is 6.02. The van der Waals surface area contributed by atoms with E-state index in [1.54, 1.807) is 13.3 Å². The van der Waals surface area contributed by atoms with Crippen LogP contribution in [0.5, 0.6) is 5.75 Å². The van der Waals surface area contributed by atoms with E-state index in [2.05, 4.69) is 28.7 Å². The average Bonchev–Trinajstić information content (AvgIpc) is 2.37. The van der Waals surface area contributed by atoms with Gasteiger partial charge in [-0.05, 0) is 23.8 Å². The number of hydrazone groups is 1. The first-order valence-electron chi connectivity index (χ1n) is 5.71. The van der Waals surface area contributed by atoms with Crippen LogP contribution in [0.25, 0.3) is 10.8 Å². The van der Waals surface area contributed by atoms with Crippen molar-refractivity contribution in [2.75, 3.05) is 13.7 Å². The molecule has 1 N–H and O–H groups in total. The molecule has 0 atom stereocenters. The first-order valence-corrected chi connectivity index (χ1v) is 5.71. The summed E-state index contributed by atoms with van der Waals surface area (Å²) in [6.45, 7) is 2.63. The predicted octanol–water partition coefficient (Wildman–Crippen LogP) is 2.79. The Morgan fingerprint density at radius 3 is 2.82 bits per heavy atom. The predicted molar refractivity (Wildman–Crippen MR) is 71.8 cm³/mol. The molecule has 17 heavy (non-hydrogen) atoms. The zero-order valence-electron chi connectivity index (χ0n) is 10.1. The molecule has 0 radical (unpaired) electrons. The zero-order chi connectivity index (χ0) is 12.1. The summed E-state index contributed by atoms with van der Waals surface area (Å²) in [6, 6.07) is 12.3. The van der Waals surface area contributed by atoms with Crippen molar-refractivity contribution in [1.82, 2.24) is 5.43 Å². The molecule has 2 rings (SSSR count). The summed E-state index contributed by atoms with van der Waals surface area (Å²) in [5.41, 5.74) is 3.78. The molecule has 0 saturated heterocycles. The maximum atomic E-state index is 5.62. The van der Waals surface area contributed by atoms with Gasteiger partial charge in [-0.25, -0.2) is 0 Å². The fourth-order valence-electron chi connectivity index (χ4n) is 1.82. The minimum atomic E-state index is 0.652. The second-order valence-corrected chi connectivity index (χ2v) is 3.61. The minimum Gasteiger partial charge on any atom is -0.493 e. The molecule has 0 heterocycles. The molecule has 3 heteroatoms. The molecule has 0 aliphatic carbocycles. The van der Waals surface area contributed by atoms with Crippen molar-refractivity contribution in [2.24, 2.45) is 5.10 Å². The summed E-state index contributed by atoms with van der Waals surface area (Å²) in [5, 5.41) is 6.42. The molecule has 0 unspecified atom stereocenters. The summed E-state index contributed by atoms with van der Waals surface area (Å²) < 4.78 is 5.62. The quantitative estimate of drug-likeness (QED) is 0.645. The molecular weight excluding hydrogens is 212 g/mol. The number of ether oxygens (including phenoxy) is 1. The van der Waals surface area contributed by atoms with E-state index < -0.39 is 0 Å². The van der Waals surface area contributed by atoms with Gasteiger partial charge in [0.1, 0.15) is 5.75 Å². The van der Waals surface area contributed by atoms with Crippen LogP contribution < -0.4 is 10.2 Å². The van der Waals surface area contributed by atoms with Gasteiger partial charge in [0, 0.05) is 12.6 Å². The van der Waals surface area contributed by atoms with Crippen molar-refractivity contribution in [2.45, 2.75) is 6.92 Å². The van der Waals surface area contributed by atoms with Gasteiger partial charge in [-0.15, -0.1) is 0 Å². The number of fused-ring (bicyclic) bond motifs is 1. The first-order chi connectivity index (χ1) is 8.36. The largest absolute Gasteiger partial charge is 0.493 e. The maximum Gasteiger partial charge on any atom is 0.128 e. The van der Waals surface area contributed by atoms with Crippen molar-refractivity contribution in [3.05, 3.63) is 42.0 Å². The standard InChI is InChI=1S/C14H16N2O/c1-3-17-14-9-8-11-6-4-5-7-12(11)13(14)10-16-15-2/h4-10,15H,3H2,1-2H3/b16-10+. The summed E-state index contributed by atoms with van der Waals surface area (Å²) in [4.78, 5) is 0. The molecule has 88 valence electrons. The Morgan fingerprint density at radius 1 is 1.24 bits per heavy atom. The fraction of sp³-hybridized carbons (Fsp3) is 0.214. The van der Waals surface area contributed by atoms with Crippen molar-refractivity contribution < 1.29 is 4.74 Å². The molecule has 0 aliphatic rings. The van der Waals surface area contributed by atoms with Crippen LogP contribution >= 0.6 is 0 Å². The van der Waals surface area contributed by atoms with Gasteiger partial charge in [-0.3, -0.25) is 0 Å². The van der Waals surface area contributed by atoms with Crippen LogP contribution in [0.15, 0.2) is 41.5 Å². The molecule has 2 aromatic carbocycles. The van der Waals surface area contributed by atoms with E-state index in [4.69, 9.17) is 4.74 Å². The van der Waals surface area contributed by atoms with Crippen LogP contribution in [-0.4, -0.2) is 19.9 Å². The Bertz CT molecular complexity index is 535. The zero-order valence-corrected chi connectivity index (χ0v) is 10.1. The lowest BCUT2D eigenvalue weighted by atomic mass is 10.0. The van der Waals surface area contributed by atoms with Gasteiger partial charge in [-0.1, -0.05) is 30.3 Å². The van der Waals surface area contributed by atoms with Crippen LogP contribution in [0.2, 0.25) is 0 Å². The Morgan fingerprint density at radius 2 is 2.06 bits per heavy atom. The topological polar surface area (TPSA) is 33.6 Å². The number of rotatable bonds is 4. The Labute approximate surface area is 101 Å². The second kappa shape index (κ2) is 5.34. The number of benzene rings is 2. The van der Waals surface area contributed by atoms with Crippen molar-refractivity contribution >= 4 is 17.0 Å². The summed E-state index contributed by atoms with van der Waals surface area (Å²) in [7, 11) is 1.78. The van der Waals surface area contributed by atoms with Gasteiger partial charge in [0.2, 0.25) is 0 Å². The van der Waals surface area contributed by atoms with Crippen molar-refractivity contribution in [1.29, 1.82) is 0 Å². The van der Waals surface area contributed by atoms with E-state index in [9.17, 15) is 0 Å². The third-order valence-corrected chi connectivity index (χ3v) is 2.55. The monoisotopic (exact) mass is 228 g/mol. The van der Waals surface area contributed by atoms with Crippen molar-refractivity contribution in [3.8, 4) is 5.75 Å². The van der Waals surface area contributed by atoms with Crippen LogP contribution in [0, 0.1) is 0 Å². The molecule has 0 saturated carbocycles. The van der Waals surface area contributed by atoms with Gasteiger partial charge < -0.3 is 10.2 Å². The van der Waals surface area contributed by atoms with Crippen LogP contribution in [-0.2, 0) is 0 Å². The van der Waals surface area contributed by atoms with E-state index in [1.807, 2.05) is 25.1 Å². The van der Waals surface area contributed by atoms with E-state index >= 15 is 0 Å². The second-order valence-electron chi connectivity index (χ2n) is 3.61. The SMILES string of the molecule is CCOc1ccc2ccccc2c1/C=N/NC. The highest BCUT2D eigenvalue weighted by Gasteiger charge is 2.06. The fourth-order valence-corrected chi connectivity index (χ4v) is 1.82. The molecule has 0 bridgehead atoms. The lowest BCUT2D eigenvalue weighted by Gasteiger charge is -2.09. The summed E-state index contributed by atoms with van der Waals surface area (Å²) >= 11 is 0. The van der Waals surface area contributed by atoms with Gasteiger partial charge in [0.25, 0.3) is 0 Å². The van der Waals surface area contributed by atoms with Crippen LogP contribution in [0.3, 0.4) is 0 Å². The van der Waals surface area contributed by atoms with Gasteiger partial charge in [0.05, 0.1) is 12.8 Å². The maximum absolute atomic E-state index is 5.62. The van der Waals surface area contributed by atoms with Gasteiger partial charge in [0.15, 0.2) is 0 Å². The normalized spacial score (nSPS) is 10.9. The smallest absolute Gasteiger partial charge is 0.128 e. The van der Waals surface area contributed by atoms with Crippen molar-refractivity contribution in [3.63, 3.8) is 0 Å². The molecule has 0 spiro atoms. The Kier molecular flexibility index (Phi) is 3.60. The lowest BCUT2D eigenvalue weighted by molar-refractivity contribution is 0.340. The summed E-state index contributed by atoms with van der Waals surface area (Å²) in [5.74, 6) is 0.866. The lowest BCUT2D eigenvalue weighted by Crippen LogP contribution is -2.00. The molecule has 2 aromatic rings. The third kappa shape index (κ3) is 2.38. The highest BCUT2D eigenvalue weighted by Crippen LogP contribution is 2.26. The van der Waals surface area contributed by atoms with Gasteiger partial charge >= 0.3 is 0 Å².